The molecule has 2 N–H and O–H groups in total. The second-order valence-electron chi connectivity index (χ2n) is 6.54. The Labute approximate surface area is 152 Å². The van der Waals surface area contributed by atoms with Gasteiger partial charge in [-0.2, -0.15) is 5.10 Å². The van der Waals surface area contributed by atoms with Crippen molar-refractivity contribution in [2.75, 3.05) is 0 Å². The van der Waals surface area contributed by atoms with Gasteiger partial charge in [0, 0.05) is 12.0 Å². The lowest BCUT2D eigenvalue weighted by atomic mass is 10.1. The Bertz CT molecular complexity index is 526. The zero-order valence-corrected chi connectivity index (χ0v) is 15.9. The van der Waals surface area contributed by atoms with Crippen LogP contribution in [0.15, 0.2) is 29.4 Å². The van der Waals surface area contributed by atoms with Crippen LogP contribution in [0.25, 0.3) is 0 Å². The van der Waals surface area contributed by atoms with Gasteiger partial charge in [0.05, 0.1) is 5.71 Å². The monoisotopic (exact) mass is 346 g/mol. The number of hydrazone groups is 1. The Hall–Kier alpha value is -1.84. The standard InChI is InChI=1S/C21H34N2O2/c1-3-5-6-7-8-9-10-11-12-17-21(25)23-22-19(4-2)18-15-13-14-16-20(18)24/h13-16,24H,3-12,17H2,1-2H3,(H,23,25). The summed E-state index contributed by atoms with van der Waals surface area (Å²) in [5.41, 5.74) is 3.99. The van der Waals surface area contributed by atoms with Crippen LogP contribution in [-0.2, 0) is 4.79 Å². The molecule has 0 aromatic heterocycles. The zero-order valence-electron chi connectivity index (χ0n) is 15.9. The molecule has 0 saturated heterocycles. The molecule has 0 saturated carbocycles. The van der Waals surface area contributed by atoms with Crippen molar-refractivity contribution in [2.45, 2.75) is 84.5 Å². The van der Waals surface area contributed by atoms with Crippen molar-refractivity contribution < 1.29 is 9.90 Å². The number of phenols is 1. The maximum Gasteiger partial charge on any atom is 0.240 e. The van der Waals surface area contributed by atoms with Gasteiger partial charge in [-0.3, -0.25) is 4.79 Å². The molecule has 4 nitrogen and oxygen atoms in total. The van der Waals surface area contributed by atoms with Crippen molar-refractivity contribution in [3.8, 4) is 5.75 Å². The average molecular weight is 347 g/mol. The van der Waals surface area contributed by atoms with Crippen LogP contribution in [0.4, 0.5) is 0 Å². The highest BCUT2D eigenvalue weighted by Crippen LogP contribution is 2.18. The summed E-state index contributed by atoms with van der Waals surface area (Å²) in [6, 6.07) is 7.06. The number of phenolic OH excluding ortho intramolecular Hbond substituents is 1. The van der Waals surface area contributed by atoms with E-state index in [1.54, 1.807) is 12.1 Å². The topological polar surface area (TPSA) is 61.7 Å². The van der Waals surface area contributed by atoms with Crippen LogP contribution in [-0.4, -0.2) is 16.7 Å². The van der Waals surface area contributed by atoms with Gasteiger partial charge in [-0.15, -0.1) is 0 Å². The predicted octanol–water partition coefficient (Wildman–Crippen LogP) is 5.54. The fourth-order valence-corrected chi connectivity index (χ4v) is 2.83. The van der Waals surface area contributed by atoms with E-state index in [0.29, 0.717) is 24.1 Å². The van der Waals surface area contributed by atoms with E-state index in [4.69, 9.17) is 0 Å². The molecule has 0 radical (unpaired) electrons. The first kappa shape index (κ1) is 21.2. The van der Waals surface area contributed by atoms with E-state index in [0.717, 1.165) is 12.8 Å². The van der Waals surface area contributed by atoms with E-state index < -0.39 is 0 Å². The third-order valence-corrected chi connectivity index (χ3v) is 4.37. The van der Waals surface area contributed by atoms with E-state index in [2.05, 4.69) is 17.5 Å². The summed E-state index contributed by atoms with van der Waals surface area (Å²) in [4.78, 5) is 11.9. The Balaban J connectivity index is 2.20. The van der Waals surface area contributed by atoms with Gasteiger partial charge in [0.15, 0.2) is 0 Å². The number of hydrogen-bond donors (Lipinski definition) is 2. The molecule has 0 atom stereocenters. The summed E-state index contributed by atoms with van der Waals surface area (Å²) in [5.74, 6) is 0.139. The highest BCUT2D eigenvalue weighted by Gasteiger charge is 2.07. The Morgan fingerprint density at radius 3 is 2.16 bits per heavy atom. The predicted molar refractivity (Wildman–Crippen MR) is 105 cm³/mol. The van der Waals surface area contributed by atoms with E-state index in [1.807, 2.05) is 19.1 Å². The number of carbonyl (C=O) groups is 1. The number of aromatic hydroxyl groups is 1. The molecular formula is C21H34N2O2. The summed E-state index contributed by atoms with van der Waals surface area (Å²) >= 11 is 0. The molecule has 4 heteroatoms. The third-order valence-electron chi connectivity index (χ3n) is 4.37. The minimum atomic E-state index is -0.0516. The van der Waals surface area contributed by atoms with Crippen molar-refractivity contribution >= 4 is 11.6 Å². The first-order valence-electron chi connectivity index (χ1n) is 9.82. The molecular weight excluding hydrogens is 312 g/mol. The van der Waals surface area contributed by atoms with Gasteiger partial charge in [-0.1, -0.05) is 77.3 Å². The molecule has 0 fully saturated rings. The Morgan fingerprint density at radius 2 is 1.56 bits per heavy atom. The van der Waals surface area contributed by atoms with Crippen LogP contribution >= 0.6 is 0 Å². The molecule has 0 heterocycles. The van der Waals surface area contributed by atoms with Crippen LogP contribution in [0, 0.1) is 0 Å². The number of nitrogens with one attached hydrogen (secondary N) is 1. The Morgan fingerprint density at radius 1 is 0.960 bits per heavy atom. The molecule has 1 aromatic carbocycles. The van der Waals surface area contributed by atoms with Crippen molar-refractivity contribution in [1.29, 1.82) is 0 Å². The highest BCUT2D eigenvalue weighted by atomic mass is 16.3. The number of unbranched alkanes of at least 4 members (excludes halogenated alkanes) is 8. The van der Waals surface area contributed by atoms with Gasteiger partial charge in [-0.25, -0.2) is 5.43 Å². The van der Waals surface area contributed by atoms with E-state index in [9.17, 15) is 9.90 Å². The number of hydrogen-bond acceptors (Lipinski definition) is 3. The number of amides is 1. The molecule has 0 aliphatic carbocycles. The van der Waals surface area contributed by atoms with Crippen molar-refractivity contribution in [1.82, 2.24) is 5.43 Å². The van der Waals surface area contributed by atoms with Gasteiger partial charge < -0.3 is 5.11 Å². The van der Waals surface area contributed by atoms with Gasteiger partial charge in [0.2, 0.25) is 5.91 Å². The zero-order chi connectivity index (χ0) is 18.3. The van der Waals surface area contributed by atoms with Crippen LogP contribution in [0.5, 0.6) is 5.75 Å². The van der Waals surface area contributed by atoms with E-state index in [-0.39, 0.29) is 11.7 Å². The second-order valence-corrected chi connectivity index (χ2v) is 6.54. The molecule has 25 heavy (non-hydrogen) atoms. The quantitative estimate of drug-likeness (QED) is 0.280. The number of benzene rings is 1. The van der Waals surface area contributed by atoms with Gasteiger partial charge in [0.1, 0.15) is 5.75 Å². The maximum atomic E-state index is 11.9. The molecule has 0 spiro atoms. The third kappa shape index (κ3) is 9.28. The fourth-order valence-electron chi connectivity index (χ4n) is 2.83. The number of nitrogens with zero attached hydrogens (tertiary/aromatic N) is 1. The number of carbonyl (C=O) groups excluding carboxylic acids is 1. The minimum Gasteiger partial charge on any atom is -0.507 e. The van der Waals surface area contributed by atoms with E-state index >= 15 is 0 Å². The molecule has 1 aromatic rings. The van der Waals surface area contributed by atoms with Crippen LogP contribution in [0.3, 0.4) is 0 Å². The van der Waals surface area contributed by atoms with Crippen molar-refractivity contribution in [2.24, 2.45) is 5.10 Å². The largest absolute Gasteiger partial charge is 0.507 e. The fraction of sp³-hybridized carbons (Fsp3) is 0.619. The van der Waals surface area contributed by atoms with Gasteiger partial charge in [-0.05, 0) is 25.0 Å². The summed E-state index contributed by atoms with van der Waals surface area (Å²) in [5, 5.41) is 14.1. The number of para-hydroxylation sites is 1. The molecule has 0 unspecified atom stereocenters. The smallest absolute Gasteiger partial charge is 0.240 e. The molecule has 0 aliphatic heterocycles. The van der Waals surface area contributed by atoms with Crippen LogP contribution in [0.1, 0.15) is 90.0 Å². The summed E-state index contributed by atoms with van der Waals surface area (Å²) < 4.78 is 0. The van der Waals surface area contributed by atoms with Crippen LogP contribution in [0.2, 0.25) is 0 Å². The van der Waals surface area contributed by atoms with Crippen molar-refractivity contribution in [3.05, 3.63) is 29.8 Å². The first-order chi connectivity index (χ1) is 12.2. The van der Waals surface area contributed by atoms with Gasteiger partial charge >= 0.3 is 0 Å². The normalized spacial score (nSPS) is 11.5. The second kappa shape index (κ2) is 13.5. The van der Waals surface area contributed by atoms with Crippen LogP contribution < -0.4 is 5.43 Å². The van der Waals surface area contributed by atoms with Gasteiger partial charge in [0.25, 0.3) is 0 Å². The number of rotatable bonds is 13. The van der Waals surface area contributed by atoms with E-state index in [1.165, 1.54) is 44.9 Å². The summed E-state index contributed by atoms with van der Waals surface area (Å²) in [7, 11) is 0. The molecule has 140 valence electrons. The lowest BCUT2D eigenvalue weighted by Crippen LogP contribution is -2.19. The molecule has 1 rings (SSSR count). The average Bonchev–Trinajstić information content (AvgIpc) is 2.62. The summed E-state index contributed by atoms with van der Waals surface area (Å²) in [6.45, 7) is 4.19. The lowest BCUT2D eigenvalue weighted by molar-refractivity contribution is -0.121. The first-order valence-corrected chi connectivity index (χ1v) is 9.82. The highest BCUT2D eigenvalue weighted by molar-refractivity contribution is 6.03. The SMILES string of the molecule is CCCCCCCCCCCC(=O)NN=C(CC)c1ccccc1O. The molecule has 1 amide bonds. The van der Waals surface area contributed by atoms with Crippen molar-refractivity contribution in [3.63, 3.8) is 0 Å². The molecule has 0 bridgehead atoms. The Kier molecular flexibility index (Phi) is 11.4. The maximum absolute atomic E-state index is 11.9. The summed E-state index contributed by atoms with van der Waals surface area (Å²) in [6.07, 6.45) is 12.3. The minimum absolute atomic E-state index is 0.0516. The molecule has 0 aliphatic rings. The lowest BCUT2D eigenvalue weighted by Gasteiger charge is -2.07.